The summed E-state index contributed by atoms with van der Waals surface area (Å²) in [4.78, 5) is 17.3. The zero-order valence-corrected chi connectivity index (χ0v) is 10.3. The molecule has 0 spiro atoms. The molecule has 0 aromatic carbocycles. The van der Waals surface area contributed by atoms with E-state index >= 15 is 0 Å². The molecule has 0 radical (unpaired) electrons. The standard InChI is InChI=1S/C10H16N2O3S/c1-12(5-9-7-16-8-11-9)10(13)6-15-4-3-14-2/h7-8H,3-6H2,1-2H3. The number of ether oxygens (including phenoxy) is 2. The van der Waals surface area contributed by atoms with E-state index in [4.69, 9.17) is 9.47 Å². The van der Waals surface area contributed by atoms with Crippen LogP contribution in [0.4, 0.5) is 0 Å². The minimum Gasteiger partial charge on any atom is -0.382 e. The van der Waals surface area contributed by atoms with Gasteiger partial charge in [-0.1, -0.05) is 0 Å². The molecular weight excluding hydrogens is 228 g/mol. The SMILES string of the molecule is COCCOCC(=O)N(C)Cc1cscn1. The van der Waals surface area contributed by atoms with Gasteiger partial charge in [0.25, 0.3) is 0 Å². The second-order valence-corrected chi connectivity index (χ2v) is 3.99. The number of hydrogen-bond donors (Lipinski definition) is 0. The van der Waals surface area contributed by atoms with Gasteiger partial charge in [0, 0.05) is 19.5 Å². The largest absolute Gasteiger partial charge is 0.382 e. The number of nitrogens with zero attached hydrogens (tertiary/aromatic N) is 2. The predicted molar refractivity (Wildman–Crippen MR) is 61.3 cm³/mol. The van der Waals surface area contributed by atoms with Gasteiger partial charge in [-0.2, -0.15) is 0 Å². The molecular formula is C10H16N2O3S. The predicted octanol–water partition coefficient (Wildman–Crippen LogP) is 0.764. The molecule has 0 saturated heterocycles. The van der Waals surface area contributed by atoms with Crippen molar-refractivity contribution in [2.24, 2.45) is 0 Å². The Balaban J connectivity index is 2.20. The first-order chi connectivity index (χ1) is 7.74. The molecule has 1 rings (SSSR count). The van der Waals surface area contributed by atoms with E-state index in [-0.39, 0.29) is 12.5 Å². The fourth-order valence-electron chi connectivity index (χ4n) is 1.06. The van der Waals surface area contributed by atoms with Crippen molar-refractivity contribution in [1.82, 2.24) is 9.88 Å². The highest BCUT2D eigenvalue weighted by Crippen LogP contribution is 2.04. The third kappa shape index (κ3) is 4.69. The second kappa shape index (κ2) is 7.32. The lowest BCUT2D eigenvalue weighted by Crippen LogP contribution is -2.30. The van der Waals surface area contributed by atoms with Crippen LogP contribution in [0.1, 0.15) is 5.69 Å². The van der Waals surface area contributed by atoms with E-state index in [1.54, 1.807) is 24.6 Å². The van der Waals surface area contributed by atoms with Crippen LogP contribution in [0.3, 0.4) is 0 Å². The molecule has 5 nitrogen and oxygen atoms in total. The van der Waals surface area contributed by atoms with Gasteiger partial charge in [-0.05, 0) is 0 Å². The minimum atomic E-state index is -0.0518. The third-order valence-electron chi connectivity index (χ3n) is 1.97. The number of likely N-dealkylation sites (N-methyl/N-ethyl adjacent to an activating group) is 1. The van der Waals surface area contributed by atoms with Crippen LogP contribution in [0, 0.1) is 0 Å². The van der Waals surface area contributed by atoms with Crippen molar-refractivity contribution in [1.29, 1.82) is 0 Å². The summed E-state index contributed by atoms with van der Waals surface area (Å²) in [6, 6.07) is 0. The summed E-state index contributed by atoms with van der Waals surface area (Å²) in [5.41, 5.74) is 2.65. The molecule has 1 amide bonds. The Hall–Kier alpha value is -0.980. The van der Waals surface area contributed by atoms with Gasteiger partial charge in [0.05, 0.1) is 31.0 Å². The molecule has 0 N–H and O–H groups in total. The Kier molecular flexibility index (Phi) is 5.99. The molecule has 90 valence electrons. The summed E-state index contributed by atoms with van der Waals surface area (Å²) >= 11 is 1.52. The Bertz CT molecular complexity index is 303. The van der Waals surface area contributed by atoms with Gasteiger partial charge in [-0.15, -0.1) is 11.3 Å². The van der Waals surface area contributed by atoms with Gasteiger partial charge in [0.1, 0.15) is 6.61 Å². The van der Waals surface area contributed by atoms with Crippen molar-refractivity contribution in [3.05, 3.63) is 16.6 Å². The van der Waals surface area contributed by atoms with Gasteiger partial charge in [-0.3, -0.25) is 4.79 Å². The smallest absolute Gasteiger partial charge is 0.248 e. The van der Waals surface area contributed by atoms with Gasteiger partial charge in [0.2, 0.25) is 5.91 Å². The number of amides is 1. The van der Waals surface area contributed by atoms with Crippen LogP contribution < -0.4 is 0 Å². The Morgan fingerprint density at radius 3 is 3.00 bits per heavy atom. The van der Waals surface area contributed by atoms with Gasteiger partial charge < -0.3 is 14.4 Å². The molecule has 1 aromatic rings. The van der Waals surface area contributed by atoms with Crippen molar-refractivity contribution in [3.8, 4) is 0 Å². The van der Waals surface area contributed by atoms with Gasteiger partial charge in [0.15, 0.2) is 0 Å². The lowest BCUT2D eigenvalue weighted by molar-refractivity contribution is -0.135. The fourth-order valence-corrected chi connectivity index (χ4v) is 1.61. The highest BCUT2D eigenvalue weighted by Gasteiger charge is 2.09. The summed E-state index contributed by atoms with van der Waals surface area (Å²) in [6.07, 6.45) is 0. The van der Waals surface area contributed by atoms with Gasteiger partial charge >= 0.3 is 0 Å². The number of rotatable bonds is 7. The normalized spacial score (nSPS) is 10.4. The topological polar surface area (TPSA) is 51.7 Å². The van der Waals surface area contributed by atoms with Crippen molar-refractivity contribution in [2.75, 3.05) is 34.0 Å². The lowest BCUT2D eigenvalue weighted by Gasteiger charge is -2.15. The average molecular weight is 244 g/mol. The second-order valence-electron chi connectivity index (χ2n) is 3.27. The summed E-state index contributed by atoms with van der Waals surface area (Å²) in [5.74, 6) is -0.0518. The van der Waals surface area contributed by atoms with E-state index in [2.05, 4.69) is 4.98 Å². The van der Waals surface area contributed by atoms with E-state index in [0.717, 1.165) is 5.69 Å². The molecule has 0 aliphatic carbocycles. The zero-order valence-electron chi connectivity index (χ0n) is 9.51. The molecule has 0 aliphatic heterocycles. The first kappa shape index (κ1) is 13.1. The van der Waals surface area contributed by atoms with Crippen molar-refractivity contribution in [3.63, 3.8) is 0 Å². The highest BCUT2D eigenvalue weighted by molar-refractivity contribution is 7.07. The molecule has 0 saturated carbocycles. The Labute approximate surface area is 99.0 Å². The molecule has 0 unspecified atom stereocenters. The molecule has 0 bridgehead atoms. The molecule has 0 aliphatic rings. The number of hydrogen-bond acceptors (Lipinski definition) is 5. The Morgan fingerprint density at radius 1 is 1.56 bits per heavy atom. The van der Waals surface area contributed by atoms with Crippen LogP contribution in [-0.2, 0) is 20.8 Å². The van der Waals surface area contributed by atoms with Crippen LogP contribution in [0.5, 0.6) is 0 Å². The van der Waals surface area contributed by atoms with Crippen LogP contribution >= 0.6 is 11.3 Å². The van der Waals surface area contributed by atoms with E-state index in [9.17, 15) is 4.79 Å². The molecule has 0 fully saturated rings. The molecule has 1 heterocycles. The molecule has 6 heteroatoms. The maximum absolute atomic E-state index is 11.6. The molecule has 1 aromatic heterocycles. The first-order valence-corrected chi connectivity index (χ1v) is 5.86. The summed E-state index contributed by atoms with van der Waals surface area (Å²) < 4.78 is 9.95. The third-order valence-corrected chi connectivity index (χ3v) is 2.60. The minimum absolute atomic E-state index is 0.0518. The molecule has 0 atom stereocenters. The number of methoxy groups -OCH3 is 1. The van der Waals surface area contributed by atoms with E-state index in [0.29, 0.717) is 19.8 Å². The monoisotopic (exact) mass is 244 g/mol. The maximum atomic E-state index is 11.6. The lowest BCUT2D eigenvalue weighted by atomic mass is 10.4. The van der Waals surface area contributed by atoms with Crippen LogP contribution in [0.25, 0.3) is 0 Å². The van der Waals surface area contributed by atoms with Crippen molar-refractivity contribution >= 4 is 17.2 Å². The summed E-state index contributed by atoms with van der Waals surface area (Å²) in [5, 5.41) is 1.93. The molecule has 16 heavy (non-hydrogen) atoms. The number of aromatic nitrogens is 1. The van der Waals surface area contributed by atoms with Gasteiger partial charge in [-0.25, -0.2) is 4.98 Å². The number of carbonyl (C=O) groups excluding carboxylic acids is 1. The number of thiazole rings is 1. The van der Waals surface area contributed by atoms with E-state index in [1.807, 2.05) is 5.38 Å². The van der Waals surface area contributed by atoms with E-state index in [1.165, 1.54) is 11.3 Å². The maximum Gasteiger partial charge on any atom is 0.248 e. The van der Waals surface area contributed by atoms with E-state index < -0.39 is 0 Å². The quantitative estimate of drug-likeness (QED) is 0.665. The Morgan fingerprint density at radius 2 is 2.38 bits per heavy atom. The first-order valence-electron chi connectivity index (χ1n) is 4.91. The van der Waals surface area contributed by atoms with Crippen molar-refractivity contribution < 1.29 is 14.3 Å². The summed E-state index contributed by atoms with van der Waals surface area (Å²) in [7, 11) is 3.33. The van der Waals surface area contributed by atoms with Crippen LogP contribution in [0.15, 0.2) is 10.9 Å². The summed E-state index contributed by atoms with van der Waals surface area (Å²) in [6.45, 7) is 1.55. The number of carbonyl (C=O) groups is 1. The van der Waals surface area contributed by atoms with Crippen LogP contribution in [-0.4, -0.2) is 49.8 Å². The fraction of sp³-hybridized carbons (Fsp3) is 0.600. The average Bonchev–Trinajstić information content (AvgIpc) is 2.76. The van der Waals surface area contributed by atoms with Crippen LogP contribution in [0.2, 0.25) is 0 Å². The zero-order chi connectivity index (χ0) is 11.8. The highest BCUT2D eigenvalue weighted by atomic mass is 32.1. The van der Waals surface area contributed by atoms with Crippen molar-refractivity contribution in [2.45, 2.75) is 6.54 Å².